The number of hydrogen-bond donors (Lipinski definition) is 0. The molecule has 0 N–H and O–H groups in total. The van der Waals surface area contributed by atoms with Gasteiger partial charge >= 0.3 is 0 Å². The summed E-state index contributed by atoms with van der Waals surface area (Å²) in [5.41, 5.74) is 0.702. The lowest BCUT2D eigenvalue weighted by atomic mass is 9.71. The van der Waals surface area contributed by atoms with Gasteiger partial charge in [-0.2, -0.15) is 4.31 Å². The molecule has 0 atom stereocenters. The molecule has 1 aromatic rings. The molecule has 1 aromatic heterocycles. The Bertz CT molecular complexity index is 725. The molecule has 0 bridgehead atoms. The van der Waals surface area contributed by atoms with E-state index in [9.17, 15) is 8.42 Å². The molecule has 27 heavy (non-hydrogen) atoms. The lowest BCUT2D eigenvalue weighted by Gasteiger charge is -2.46. The molecule has 0 aliphatic carbocycles. The first-order valence-corrected chi connectivity index (χ1v) is 11.8. The van der Waals surface area contributed by atoms with E-state index in [0.717, 1.165) is 25.9 Å². The van der Waals surface area contributed by atoms with Gasteiger partial charge in [-0.15, -0.1) is 0 Å². The molecule has 1 spiro atoms. The predicted molar refractivity (Wildman–Crippen MR) is 109 cm³/mol. The predicted octanol–water partition coefficient (Wildman–Crippen LogP) is 4.04. The summed E-state index contributed by atoms with van der Waals surface area (Å²) in [6.07, 6.45) is 6.87. The molecule has 0 aromatic carbocycles. The summed E-state index contributed by atoms with van der Waals surface area (Å²) in [5, 5.41) is 0.310. The number of pyridine rings is 1. The average Bonchev–Trinajstić information content (AvgIpc) is 2.61. The average molecular weight is 414 g/mol. The van der Waals surface area contributed by atoms with E-state index >= 15 is 0 Å². The van der Waals surface area contributed by atoms with Gasteiger partial charge in [0.2, 0.25) is 10.0 Å². The minimum Gasteiger partial charge on any atom is -0.303 e. The molecular weight excluding hydrogens is 382 g/mol. The van der Waals surface area contributed by atoms with Crippen LogP contribution >= 0.6 is 11.6 Å². The Balaban J connectivity index is 1.54. The van der Waals surface area contributed by atoms with Crippen LogP contribution in [0.3, 0.4) is 0 Å². The highest BCUT2D eigenvalue weighted by atomic mass is 35.5. The summed E-state index contributed by atoms with van der Waals surface area (Å²) >= 11 is 5.78. The van der Waals surface area contributed by atoms with E-state index in [0.29, 0.717) is 29.1 Å². The Morgan fingerprint density at radius 3 is 2.19 bits per heavy atom. The normalized spacial score (nSPS) is 22.2. The second-order valence-corrected chi connectivity index (χ2v) is 11.7. The van der Waals surface area contributed by atoms with Crippen molar-refractivity contribution in [1.82, 2.24) is 14.2 Å². The van der Waals surface area contributed by atoms with Gasteiger partial charge in [-0.05, 0) is 74.7 Å². The SMILES string of the molecule is CC(C)(C)CCN1CCC2(CC1)CCN(S(=O)(=O)c1ccc(Cl)nc1)CC2. The van der Waals surface area contributed by atoms with Crippen molar-refractivity contribution in [2.45, 2.75) is 57.8 Å². The Morgan fingerprint density at radius 1 is 1.07 bits per heavy atom. The van der Waals surface area contributed by atoms with Gasteiger partial charge in [-0.1, -0.05) is 32.4 Å². The minimum absolute atomic E-state index is 0.236. The number of rotatable bonds is 4. The first-order chi connectivity index (χ1) is 12.6. The Morgan fingerprint density at radius 2 is 1.67 bits per heavy atom. The molecule has 0 saturated carbocycles. The standard InChI is InChI=1S/C20H32ClN3O2S/c1-19(2,3)6-11-23-12-7-20(8-13-23)9-14-24(15-10-20)27(25,26)17-4-5-18(21)22-16-17/h4-5,16H,6-15H2,1-3H3. The number of nitrogens with zero attached hydrogens (tertiary/aromatic N) is 3. The van der Waals surface area contributed by atoms with E-state index in [1.54, 1.807) is 10.4 Å². The lowest BCUT2D eigenvalue weighted by molar-refractivity contribution is 0.0518. The second kappa shape index (κ2) is 7.97. The van der Waals surface area contributed by atoms with E-state index in [1.807, 2.05) is 0 Å². The summed E-state index contributed by atoms with van der Waals surface area (Å²) in [4.78, 5) is 6.74. The highest BCUT2D eigenvalue weighted by molar-refractivity contribution is 7.89. The summed E-state index contributed by atoms with van der Waals surface area (Å²) in [6, 6.07) is 3.08. The van der Waals surface area contributed by atoms with Crippen LogP contribution in [0, 0.1) is 10.8 Å². The van der Waals surface area contributed by atoms with Crippen molar-refractivity contribution in [2.24, 2.45) is 10.8 Å². The van der Waals surface area contributed by atoms with Gasteiger partial charge in [0.1, 0.15) is 10.0 Å². The first kappa shape index (κ1) is 21.0. The van der Waals surface area contributed by atoms with Crippen molar-refractivity contribution < 1.29 is 8.42 Å². The molecule has 2 fully saturated rings. The maximum absolute atomic E-state index is 12.8. The molecule has 5 nitrogen and oxygen atoms in total. The molecule has 0 radical (unpaired) electrons. The lowest BCUT2D eigenvalue weighted by Crippen LogP contribution is -2.48. The Hall–Kier alpha value is -0.690. The zero-order valence-electron chi connectivity index (χ0n) is 16.7. The van der Waals surface area contributed by atoms with Crippen molar-refractivity contribution in [3.8, 4) is 0 Å². The molecular formula is C20H32ClN3O2S. The summed E-state index contributed by atoms with van der Waals surface area (Å²) in [5.74, 6) is 0. The van der Waals surface area contributed by atoms with Crippen LogP contribution < -0.4 is 0 Å². The molecule has 2 aliphatic rings. The minimum atomic E-state index is -3.47. The molecule has 3 rings (SSSR count). The Labute approximate surface area is 169 Å². The van der Waals surface area contributed by atoms with Crippen LogP contribution in [0.1, 0.15) is 52.9 Å². The van der Waals surface area contributed by atoms with Crippen LogP contribution in [0.4, 0.5) is 0 Å². The zero-order valence-corrected chi connectivity index (χ0v) is 18.3. The van der Waals surface area contributed by atoms with Crippen LogP contribution in [0.15, 0.2) is 23.2 Å². The number of sulfonamides is 1. The molecule has 152 valence electrons. The monoisotopic (exact) mass is 413 g/mol. The van der Waals surface area contributed by atoms with Crippen LogP contribution in [-0.4, -0.2) is 55.3 Å². The smallest absolute Gasteiger partial charge is 0.244 e. The van der Waals surface area contributed by atoms with E-state index < -0.39 is 10.0 Å². The number of likely N-dealkylation sites (tertiary alicyclic amines) is 1. The van der Waals surface area contributed by atoms with Gasteiger partial charge in [-0.3, -0.25) is 0 Å². The van der Waals surface area contributed by atoms with Gasteiger partial charge in [-0.25, -0.2) is 13.4 Å². The van der Waals surface area contributed by atoms with E-state index in [2.05, 4.69) is 30.7 Å². The topological polar surface area (TPSA) is 53.5 Å². The van der Waals surface area contributed by atoms with Crippen LogP contribution in [-0.2, 0) is 10.0 Å². The summed E-state index contributed by atoms with van der Waals surface area (Å²) in [7, 11) is -3.47. The largest absolute Gasteiger partial charge is 0.303 e. The van der Waals surface area contributed by atoms with Crippen molar-refractivity contribution >= 4 is 21.6 Å². The van der Waals surface area contributed by atoms with E-state index in [4.69, 9.17) is 11.6 Å². The van der Waals surface area contributed by atoms with Crippen LogP contribution in [0.25, 0.3) is 0 Å². The number of halogens is 1. The van der Waals surface area contributed by atoms with Crippen molar-refractivity contribution in [1.29, 1.82) is 0 Å². The third-order valence-corrected chi connectivity index (χ3v) is 8.32. The van der Waals surface area contributed by atoms with Crippen molar-refractivity contribution in [3.63, 3.8) is 0 Å². The van der Waals surface area contributed by atoms with Gasteiger partial charge in [0.25, 0.3) is 0 Å². The number of aromatic nitrogens is 1. The van der Waals surface area contributed by atoms with Gasteiger partial charge in [0, 0.05) is 19.3 Å². The van der Waals surface area contributed by atoms with Gasteiger partial charge in [0.05, 0.1) is 0 Å². The summed E-state index contributed by atoms with van der Waals surface area (Å²) in [6.45, 7) is 11.6. The number of piperidine rings is 2. The fourth-order valence-corrected chi connectivity index (χ4v) is 5.61. The van der Waals surface area contributed by atoms with E-state index in [1.165, 1.54) is 38.1 Å². The Kier molecular flexibility index (Phi) is 6.21. The first-order valence-electron chi connectivity index (χ1n) is 9.94. The molecule has 2 saturated heterocycles. The van der Waals surface area contributed by atoms with Crippen molar-refractivity contribution in [2.75, 3.05) is 32.7 Å². The van der Waals surface area contributed by atoms with Crippen LogP contribution in [0.2, 0.25) is 5.15 Å². The number of hydrogen-bond acceptors (Lipinski definition) is 4. The molecule has 0 unspecified atom stereocenters. The van der Waals surface area contributed by atoms with Gasteiger partial charge < -0.3 is 4.90 Å². The highest BCUT2D eigenvalue weighted by Gasteiger charge is 2.40. The zero-order chi connectivity index (χ0) is 19.7. The maximum Gasteiger partial charge on any atom is 0.244 e. The van der Waals surface area contributed by atoms with E-state index in [-0.39, 0.29) is 4.90 Å². The molecule has 2 aliphatic heterocycles. The van der Waals surface area contributed by atoms with Crippen LogP contribution in [0.5, 0.6) is 0 Å². The second-order valence-electron chi connectivity index (χ2n) is 9.37. The third kappa shape index (κ3) is 5.22. The van der Waals surface area contributed by atoms with Gasteiger partial charge in [0.15, 0.2) is 0 Å². The molecule has 0 amide bonds. The highest BCUT2D eigenvalue weighted by Crippen LogP contribution is 2.42. The fourth-order valence-electron chi connectivity index (χ4n) is 4.11. The molecule has 7 heteroatoms. The fraction of sp³-hybridized carbons (Fsp3) is 0.750. The quantitative estimate of drug-likeness (QED) is 0.699. The third-order valence-electron chi connectivity index (χ3n) is 6.22. The van der Waals surface area contributed by atoms with Crippen molar-refractivity contribution in [3.05, 3.63) is 23.5 Å². The molecule has 3 heterocycles. The summed E-state index contributed by atoms with van der Waals surface area (Å²) < 4.78 is 27.3. The maximum atomic E-state index is 12.8.